The zero-order chi connectivity index (χ0) is 18.0. The molecule has 0 aliphatic carbocycles. The molecule has 128 valence electrons. The molecule has 0 unspecified atom stereocenters. The van der Waals surface area contributed by atoms with Crippen molar-refractivity contribution in [3.8, 4) is 5.75 Å². The molecule has 0 fully saturated rings. The van der Waals surface area contributed by atoms with Crippen LogP contribution in [0.3, 0.4) is 0 Å². The Labute approximate surface area is 149 Å². The van der Waals surface area contributed by atoms with E-state index in [4.69, 9.17) is 16.3 Å². The molecule has 1 N–H and O–H groups in total. The lowest BCUT2D eigenvalue weighted by Gasteiger charge is -2.14. The number of hydrogen-bond donors (Lipinski definition) is 1. The Hall–Kier alpha value is -2.86. The van der Waals surface area contributed by atoms with Crippen LogP contribution in [0.4, 0.5) is 0 Å². The Morgan fingerprint density at radius 2 is 1.88 bits per heavy atom. The van der Waals surface area contributed by atoms with Crippen LogP contribution < -0.4 is 10.1 Å². The van der Waals surface area contributed by atoms with E-state index in [0.717, 1.165) is 10.5 Å². The highest BCUT2D eigenvalue weighted by molar-refractivity contribution is 6.37. The predicted octanol–water partition coefficient (Wildman–Crippen LogP) is 2.26. The van der Waals surface area contributed by atoms with E-state index in [0.29, 0.717) is 5.75 Å². The van der Waals surface area contributed by atoms with Crippen LogP contribution in [0.25, 0.3) is 0 Å². The number of nitrogens with one attached hydrogen (secondary N) is 1. The number of carbonyl (C=O) groups excluding carboxylic acids is 3. The highest BCUT2D eigenvalue weighted by atomic mass is 35.5. The topological polar surface area (TPSA) is 75.7 Å². The summed E-state index contributed by atoms with van der Waals surface area (Å²) in [5.74, 6) is -0.875. The van der Waals surface area contributed by atoms with E-state index < -0.39 is 17.7 Å². The van der Waals surface area contributed by atoms with Crippen LogP contribution in [-0.2, 0) is 11.3 Å². The molecular weight excluding hydrogens is 344 g/mol. The number of hydrogen-bond acceptors (Lipinski definition) is 4. The summed E-state index contributed by atoms with van der Waals surface area (Å²) in [5, 5.41) is 2.89. The average molecular weight is 359 g/mol. The molecule has 7 heteroatoms. The van der Waals surface area contributed by atoms with Crippen molar-refractivity contribution in [2.45, 2.75) is 6.54 Å². The fourth-order valence-corrected chi connectivity index (χ4v) is 2.93. The third-order valence-electron chi connectivity index (χ3n) is 3.92. The number of para-hydroxylation sites is 1. The Morgan fingerprint density at radius 3 is 2.60 bits per heavy atom. The number of fused-ring (bicyclic) bond motifs is 1. The molecule has 25 heavy (non-hydrogen) atoms. The van der Waals surface area contributed by atoms with Crippen LogP contribution in [0.15, 0.2) is 42.5 Å². The average Bonchev–Trinajstić information content (AvgIpc) is 2.86. The van der Waals surface area contributed by atoms with Gasteiger partial charge in [0.1, 0.15) is 12.3 Å². The second-order valence-electron chi connectivity index (χ2n) is 5.45. The molecular formula is C18H15ClN2O4. The van der Waals surface area contributed by atoms with E-state index in [2.05, 4.69) is 5.32 Å². The number of halogens is 1. The monoisotopic (exact) mass is 358 g/mol. The number of amides is 3. The minimum absolute atomic E-state index is 0.145. The summed E-state index contributed by atoms with van der Waals surface area (Å²) < 4.78 is 5.22. The van der Waals surface area contributed by atoms with Crippen molar-refractivity contribution in [1.29, 1.82) is 0 Å². The first-order chi connectivity index (χ1) is 12.0. The van der Waals surface area contributed by atoms with E-state index in [9.17, 15) is 14.4 Å². The molecule has 2 aromatic carbocycles. The first-order valence-electron chi connectivity index (χ1n) is 7.56. The standard InChI is InChI=1S/C18H15ClN2O4/c1-25-14-8-3-2-5-11(14)9-20-15(22)10-21-17(23)12-6-4-7-13(19)16(12)18(21)24/h2-8H,9-10H2,1H3,(H,20,22). The lowest BCUT2D eigenvalue weighted by molar-refractivity contribution is -0.121. The van der Waals surface area contributed by atoms with Crippen molar-refractivity contribution in [2.24, 2.45) is 0 Å². The Kier molecular flexibility index (Phi) is 4.72. The minimum atomic E-state index is -0.557. The molecule has 0 atom stereocenters. The molecule has 0 radical (unpaired) electrons. The summed E-state index contributed by atoms with van der Waals surface area (Å²) in [6, 6.07) is 11.9. The van der Waals surface area contributed by atoms with Crippen LogP contribution >= 0.6 is 11.6 Å². The highest BCUT2D eigenvalue weighted by Crippen LogP contribution is 2.28. The van der Waals surface area contributed by atoms with Crippen LogP contribution in [0, 0.1) is 0 Å². The lowest BCUT2D eigenvalue weighted by atomic mass is 10.1. The first kappa shape index (κ1) is 17.0. The molecule has 1 aliphatic heterocycles. The number of benzene rings is 2. The SMILES string of the molecule is COc1ccccc1CNC(=O)CN1C(=O)c2cccc(Cl)c2C1=O. The summed E-state index contributed by atoms with van der Waals surface area (Å²) in [7, 11) is 1.54. The number of rotatable bonds is 5. The summed E-state index contributed by atoms with van der Waals surface area (Å²) in [4.78, 5) is 37.7. The smallest absolute Gasteiger partial charge is 0.263 e. The van der Waals surface area contributed by atoms with Gasteiger partial charge in [0.05, 0.1) is 23.3 Å². The molecule has 0 saturated heterocycles. The fourth-order valence-electron chi connectivity index (χ4n) is 2.68. The Balaban J connectivity index is 1.67. The van der Waals surface area contributed by atoms with Gasteiger partial charge in [0, 0.05) is 12.1 Å². The molecule has 1 heterocycles. The number of carbonyl (C=O) groups is 3. The van der Waals surface area contributed by atoms with Crippen LogP contribution in [0.5, 0.6) is 5.75 Å². The van der Waals surface area contributed by atoms with Crippen molar-refractivity contribution in [2.75, 3.05) is 13.7 Å². The van der Waals surface area contributed by atoms with Gasteiger partial charge in [-0.2, -0.15) is 0 Å². The van der Waals surface area contributed by atoms with E-state index in [1.807, 2.05) is 18.2 Å². The number of nitrogens with zero attached hydrogens (tertiary/aromatic N) is 1. The van der Waals surface area contributed by atoms with Gasteiger partial charge >= 0.3 is 0 Å². The molecule has 0 aromatic heterocycles. The van der Waals surface area contributed by atoms with Crippen LogP contribution in [-0.4, -0.2) is 36.3 Å². The summed E-state index contributed by atoms with van der Waals surface area (Å²) >= 11 is 5.99. The van der Waals surface area contributed by atoms with E-state index in [1.54, 1.807) is 19.2 Å². The Bertz CT molecular complexity index is 866. The van der Waals surface area contributed by atoms with Crippen molar-refractivity contribution < 1.29 is 19.1 Å². The molecule has 1 aliphatic rings. The van der Waals surface area contributed by atoms with E-state index >= 15 is 0 Å². The van der Waals surface area contributed by atoms with Gasteiger partial charge in [-0.15, -0.1) is 0 Å². The van der Waals surface area contributed by atoms with Gasteiger partial charge in [-0.3, -0.25) is 19.3 Å². The van der Waals surface area contributed by atoms with Crippen LogP contribution in [0.1, 0.15) is 26.3 Å². The van der Waals surface area contributed by atoms with Gasteiger partial charge < -0.3 is 10.1 Å². The van der Waals surface area contributed by atoms with Crippen molar-refractivity contribution in [1.82, 2.24) is 10.2 Å². The molecule has 3 rings (SSSR count). The summed E-state index contributed by atoms with van der Waals surface area (Å²) in [6.45, 7) is -0.134. The van der Waals surface area contributed by atoms with Crippen molar-refractivity contribution in [3.63, 3.8) is 0 Å². The summed E-state index contributed by atoms with van der Waals surface area (Å²) in [5.41, 5.74) is 1.16. The number of imide groups is 1. The Morgan fingerprint density at radius 1 is 1.12 bits per heavy atom. The third kappa shape index (κ3) is 3.21. The lowest BCUT2D eigenvalue weighted by Crippen LogP contribution is -2.40. The zero-order valence-corrected chi connectivity index (χ0v) is 14.2. The number of methoxy groups -OCH3 is 1. The normalized spacial score (nSPS) is 13.0. The zero-order valence-electron chi connectivity index (χ0n) is 13.4. The van der Waals surface area contributed by atoms with Crippen LogP contribution in [0.2, 0.25) is 5.02 Å². The second kappa shape index (κ2) is 6.94. The van der Waals surface area contributed by atoms with Crippen molar-refractivity contribution in [3.05, 3.63) is 64.2 Å². The fraction of sp³-hybridized carbons (Fsp3) is 0.167. The summed E-state index contributed by atoms with van der Waals surface area (Å²) in [6.07, 6.45) is 0. The highest BCUT2D eigenvalue weighted by Gasteiger charge is 2.38. The molecule has 0 bridgehead atoms. The maximum Gasteiger partial charge on any atom is 0.263 e. The second-order valence-corrected chi connectivity index (χ2v) is 5.85. The predicted molar refractivity (Wildman–Crippen MR) is 91.7 cm³/mol. The number of ether oxygens (including phenoxy) is 1. The molecule has 6 nitrogen and oxygen atoms in total. The van der Waals surface area contributed by atoms with Gasteiger partial charge in [-0.05, 0) is 18.2 Å². The molecule has 0 spiro atoms. The first-order valence-corrected chi connectivity index (χ1v) is 7.94. The van der Waals surface area contributed by atoms with Gasteiger partial charge in [-0.25, -0.2) is 0 Å². The maximum atomic E-state index is 12.4. The van der Waals surface area contributed by atoms with Crippen molar-refractivity contribution >= 4 is 29.3 Å². The molecule has 0 saturated carbocycles. The third-order valence-corrected chi connectivity index (χ3v) is 4.23. The van der Waals surface area contributed by atoms with Gasteiger partial charge in [0.25, 0.3) is 11.8 Å². The molecule has 3 amide bonds. The van der Waals surface area contributed by atoms with Gasteiger partial charge in [0.2, 0.25) is 5.91 Å². The largest absolute Gasteiger partial charge is 0.496 e. The van der Waals surface area contributed by atoms with Gasteiger partial charge in [0.15, 0.2) is 0 Å². The molecule has 2 aromatic rings. The van der Waals surface area contributed by atoms with E-state index in [1.165, 1.54) is 12.1 Å². The minimum Gasteiger partial charge on any atom is -0.496 e. The quantitative estimate of drug-likeness (QED) is 0.832. The maximum absolute atomic E-state index is 12.4. The van der Waals surface area contributed by atoms with Gasteiger partial charge in [-0.1, -0.05) is 35.9 Å². The van der Waals surface area contributed by atoms with E-state index in [-0.39, 0.29) is 29.2 Å².